The van der Waals surface area contributed by atoms with Crippen molar-refractivity contribution >= 4 is 23.4 Å². The number of aromatic nitrogens is 1. The molecule has 1 N–H and O–H groups in total. The topological polar surface area (TPSA) is 40.5 Å². The van der Waals surface area contributed by atoms with Crippen LogP contribution in [0.15, 0.2) is 29.6 Å². The Morgan fingerprint density at radius 1 is 1.50 bits per heavy atom. The summed E-state index contributed by atoms with van der Waals surface area (Å²) in [4.78, 5) is 5.96. The van der Waals surface area contributed by atoms with Crippen molar-refractivity contribution in [2.24, 2.45) is 5.10 Å². The zero-order valence-corrected chi connectivity index (χ0v) is 8.53. The maximum absolute atomic E-state index is 4.84. The minimum atomic E-state index is 0.0622. The number of rotatable bonds is 2. The molecule has 1 aromatic heterocycles. The van der Waals surface area contributed by atoms with E-state index in [1.54, 1.807) is 17.8 Å². The van der Waals surface area contributed by atoms with E-state index in [4.69, 9.17) is 12.2 Å². The quantitative estimate of drug-likeness (QED) is 0.731. The van der Waals surface area contributed by atoms with Gasteiger partial charge in [-0.1, -0.05) is 12.2 Å². The largest absolute Gasteiger partial charge is 0.332 e. The Morgan fingerprint density at radius 2 is 2.21 bits per heavy atom. The molecule has 0 fully saturated rings. The first kappa shape index (κ1) is 9.08. The van der Waals surface area contributed by atoms with E-state index in [1.165, 1.54) is 0 Å². The molecule has 0 radical (unpaired) electrons. The van der Waals surface area contributed by atoms with Crippen LogP contribution in [-0.2, 0) is 0 Å². The van der Waals surface area contributed by atoms with Gasteiger partial charge in [0.1, 0.15) is 6.17 Å². The summed E-state index contributed by atoms with van der Waals surface area (Å²) >= 11 is 4.84. The molecule has 72 valence electrons. The molecule has 0 saturated heterocycles. The molecule has 2 rings (SSSR count). The lowest BCUT2D eigenvalue weighted by molar-refractivity contribution is 0.362. The second-order valence-corrected chi connectivity index (χ2v) is 3.25. The van der Waals surface area contributed by atoms with Gasteiger partial charge in [0, 0.05) is 24.8 Å². The number of amidine groups is 1. The molecule has 14 heavy (non-hydrogen) atoms. The molecular weight excluding hydrogens is 196 g/mol. The van der Waals surface area contributed by atoms with Crippen LogP contribution in [-0.4, -0.2) is 28.1 Å². The Kier molecular flexibility index (Phi) is 2.41. The van der Waals surface area contributed by atoms with Gasteiger partial charge in [0.05, 0.1) is 0 Å². The van der Waals surface area contributed by atoms with E-state index in [9.17, 15) is 0 Å². The molecule has 1 aliphatic heterocycles. The second kappa shape index (κ2) is 3.71. The van der Waals surface area contributed by atoms with Crippen molar-refractivity contribution in [3.05, 3.63) is 30.1 Å². The normalized spacial score (nSPS) is 20.2. The Hall–Kier alpha value is -1.49. The van der Waals surface area contributed by atoms with Crippen LogP contribution >= 0.6 is 12.2 Å². The van der Waals surface area contributed by atoms with Crippen molar-refractivity contribution < 1.29 is 0 Å². The fraction of sp³-hybridized carbons (Fsp3) is 0.222. The van der Waals surface area contributed by atoms with Gasteiger partial charge in [-0.3, -0.25) is 10.4 Å². The SMILES string of the molecule is CN1C(C=S)=NNC1c1ccncc1. The lowest BCUT2D eigenvalue weighted by Gasteiger charge is -2.21. The van der Waals surface area contributed by atoms with Crippen LogP contribution in [0.1, 0.15) is 11.7 Å². The van der Waals surface area contributed by atoms with Crippen LogP contribution in [0.2, 0.25) is 0 Å². The first-order chi connectivity index (χ1) is 6.83. The van der Waals surface area contributed by atoms with Gasteiger partial charge in [-0.15, -0.1) is 0 Å². The van der Waals surface area contributed by atoms with Gasteiger partial charge in [-0.25, -0.2) is 0 Å². The number of hydrogen-bond acceptors (Lipinski definition) is 5. The number of nitrogens with one attached hydrogen (secondary N) is 1. The molecule has 4 nitrogen and oxygen atoms in total. The minimum Gasteiger partial charge on any atom is -0.332 e. The highest BCUT2D eigenvalue weighted by Crippen LogP contribution is 2.19. The van der Waals surface area contributed by atoms with Crippen LogP contribution in [0.5, 0.6) is 0 Å². The number of pyridine rings is 1. The standard InChI is InChI=1S/C9H10N4S/c1-13-8(6-14)11-12-9(13)7-2-4-10-5-3-7/h2-6,9,12H,1H3. The maximum atomic E-state index is 4.84. The predicted molar refractivity (Wildman–Crippen MR) is 59.0 cm³/mol. The highest BCUT2D eigenvalue weighted by atomic mass is 32.1. The van der Waals surface area contributed by atoms with E-state index in [1.807, 2.05) is 24.1 Å². The van der Waals surface area contributed by atoms with Gasteiger partial charge < -0.3 is 4.90 Å². The van der Waals surface area contributed by atoms with Crippen LogP contribution in [0.25, 0.3) is 0 Å². The zero-order chi connectivity index (χ0) is 9.97. The number of hydrazone groups is 1. The van der Waals surface area contributed by atoms with E-state index in [-0.39, 0.29) is 6.17 Å². The molecule has 0 bridgehead atoms. The molecule has 5 heteroatoms. The maximum Gasteiger partial charge on any atom is 0.161 e. The molecule has 1 atom stereocenters. The van der Waals surface area contributed by atoms with Gasteiger partial charge >= 0.3 is 0 Å². The summed E-state index contributed by atoms with van der Waals surface area (Å²) in [5, 5.41) is 5.67. The molecule has 0 amide bonds. The van der Waals surface area contributed by atoms with Gasteiger partial charge in [-0.05, 0) is 17.7 Å². The summed E-state index contributed by atoms with van der Waals surface area (Å²) in [6, 6.07) is 3.91. The molecule has 1 aliphatic rings. The summed E-state index contributed by atoms with van der Waals surface area (Å²) in [6.45, 7) is 0. The third kappa shape index (κ3) is 1.46. The fourth-order valence-corrected chi connectivity index (χ4v) is 1.60. The number of thiocarbonyl (C=S) groups is 1. The highest BCUT2D eigenvalue weighted by molar-refractivity contribution is 7.80. The molecule has 0 aliphatic carbocycles. The summed E-state index contributed by atoms with van der Waals surface area (Å²) in [7, 11) is 1.95. The van der Waals surface area contributed by atoms with E-state index in [0.29, 0.717) is 0 Å². The van der Waals surface area contributed by atoms with Crippen molar-refractivity contribution in [1.82, 2.24) is 15.3 Å². The van der Waals surface area contributed by atoms with Crippen molar-refractivity contribution in [3.8, 4) is 0 Å². The lowest BCUT2D eigenvalue weighted by atomic mass is 10.2. The first-order valence-corrected chi connectivity index (χ1v) is 4.71. The van der Waals surface area contributed by atoms with Gasteiger partial charge in [0.25, 0.3) is 0 Å². The first-order valence-electron chi connectivity index (χ1n) is 4.24. The highest BCUT2D eigenvalue weighted by Gasteiger charge is 2.23. The molecular formula is C9H10N4S. The Labute approximate surface area is 87.6 Å². The third-order valence-electron chi connectivity index (χ3n) is 2.18. The molecule has 1 unspecified atom stereocenters. The second-order valence-electron chi connectivity index (χ2n) is 3.01. The molecule has 0 spiro atoms. The van der Waals surface area contributed by atoms with Crippen molar-refractivity contribution in [2.75, 3.05) is 7.05 Å². The Balaban J connectivity index is 2.21. The lowest BCUT2D eigenvalue weighted by Crippen LogP contribution is -2.29. The van der Waals surface area contributed by atoms with Crippen molar-refractivity contribution in [1.29, 1.82) is 0 Å². The van der Waals surface area contributed by atoms with E-state index in [2.05, 4.69) is 15.5 Å². The molecule has 1 aromatic rings. The monoisotopic (exact) mass is 206 g/mol. The molecule has 0 aromatic carbocycles. The summed E-state index contributed by atoms with van der Waals surface area (Å²) in [5.41, 5.74) is 4.14. The van der Waals surface area contributed by atoms with Crippen molar-refractivity contribution in [3.63, 3.8) is 0 Å². The van der Waals surface area contributed by atoms with Gasteiger partial charge in [0.15, 0.2) is 5.84 Å². The summed E-state index contributed by atoms with van der Waals surface area (Å²) in [5.74, 6) is 0.779. The van der Waals surface area contributed by atoms with Gasteiger partial charge in [-0.2, -0.15) is 5.10 Å². The van der Waals surface area contributed by atoms with Crippen molar-refractivity contribution in [2.45, 2.75) is 6.17 Å². The average molecular weight is 206 g/mol. The van der Waals surface area contributed by atoms with Crippen LogP contribution < -0.4 is 5.43 Å². The summed E-state index contributed by atoms with van der Waals surface area (Å²) in [6.07, 6.45) is 3.59. The number of nitrogens with zero attached hydrogens (tertiary/aromatic N) is 3. The Morgan fingerprint density at radius 3 is 2.79 bits per heavy atom. The fourth-order valence-electron chi connectivity index (χ4n) is 1.38. The van der Waals surface area contributed by atoms with Crippen LogP contribution in [0.3, 0.4) is 0 Å². The summed E-state index contributed by atoms with van der Waals surface area (Å²) < 4.78 is 0. The van der Waals surface area contributed by atoms with Crippen LogP contribution in [0, 0.1) is 0 Å². The molecule has 0 saturated carbocycles. The zero-order valence-electron chi connectivity index (χ0n) is 7.71. The average Bonchev–Trinajstić information content (AvgIpc) is 2.61. The van der Waals surface area contributed by atoms with E-state index in [0.717, 1.165) is 11.4 Å². The number of hydrogen-bond donors (Lipinski definition) is 1. The van der Waals surface area contributed by atoms with E-state index < -0.39 is 0 Å². The smallest absolute Gasteiger partial charge is 0.161 e. The minimum absolute atomic E-state index is 0.0622. The van der Waals surface area contributed by atoms with Crippen LogP contribution in [0.4, 0.5) is 0 Å². The third-order valence-corrected chi connectivity index (χ3v) is 2.39. The predicted octanol–water partition coefficient (Wildman–Crippen LogP) is 0.928. The molecule has 2 heterocycles. The van der Waals surface area contributed by atoms with Gasteiger partial charge in [0.2, 0.25) is 0 Å². The Bertz CT molecular complexity index is 362. The van der Waals surface area contributed by atoms with E-state index >= 15 is 0 Å².